The summed E-state index contributed by atoms with van der Waals surface area (Å²) in [6.07, 6.45) is 4.57. The minimum Gasteiger partial charge on any atom is -0.493 e. The van der Waals surface area contributed by atoms with Crippen molar-refractivity contribution >= 4 is 21.7 Å². The lowest BCUT2D eigenvalue weighted by Gasteiger charge is -2.12. The molecule has 0 saturated carbocycles. The predicted octanol–water partition coefficient (Wildman–Crippen LogP) is 5.34. The molecule has 4 heteroatoms. The van der Waals surface area contributed by atoms with Gasteiger partial charge in [0.25, 0.3) is 0 Å². The molecular weight excluding hydrogens is 336 g/mol. The lowest BCUT2D eigenvalue weighted by atomic mass is 9.99. The maximum atomic E-state index is 5.46. The van der Waals surface area contributed by atoms with Crippen LogP contribution in [0.2, 0.25) is 0 Å². The highest BCUT2D eigenvalue weighted by atomic mass is 16.5. The van der Waals surface area contributed by atoms with Crippen LogP contribution in [-0.4, -0.2) is 24.2 Å². The molecule has 0 unspecified atom stereocenters. The number of hydrogen-bond donors (Lipinski definition) is 0. The molecule has 0 spiro atoms. The van der Waals surface area contributed by atoms with Crippen LogP contribution in [0, 0.1) is 6.92 Å². The zero-order chi connectivity index (χ0) is 18.1. The van der Waals surface area contributed by atoms with Crippen molar-refractivity contribution in [1.29, 1.82) is 0 Å². The lowest BCUT2D eigenvalue weighted by molar-refractivity contribution is 0.356. The monoisotopic (exact) mass is 360 g/mol. The van der Waals surface area contributed by atoms with Crippen LogP contribution in [0.5, 0.6) is 11.5 Å². The van der Waals surface area contributed by atoms with E-state index in [1.807, 2.05) is 37.5 Å². The van der Waals surface area contributed by atoms with E-state index in [2.05, 4.69) is 34.2 Å². The van der Waals surface area contributed by atoms with Gasteiger partial charge in [-0.3, -0.25) is 9.97 Å². The fourth-order valence-electron chi connectivity index (χ4n) is 3.30. The Labute approximate surface area is 159 Å². The second-order valence-corrected chi connectivity index (χ2v) is 6.38. The Hall–Kier alpha value is -3.14. The molecule has 0 aliphatic rings. The molecule has 4 nitrogen and oxygen atoms in total. The van der Waals surface area contributed by atoms with Crippen LogP contribution in [-0.2, 0) is 6.42 Å². The van der Waals surface area contributed by atoms with Crippen LogP contribution in [0.3, 0.4) is 0 Å². The van der Waals surface area contributed by atoms with E-state index in [0.29, 0.717) is 5.75 Å². The fraction of sp³-hybridized carbons (Fsp3) is 0.217. The zero-order valence-electron chi connectivity index (χ0n) is 15.1. The number of fused-ring (bicyclic) bond motifs is 2. The third-order valence-electron chi connectivity index (χ3n) is 4.63. The largest absolute Gasteiger partial charge is 0.493 e. The van der Waals surface area contributed by atoms with Gasteiger partial charge in [-0.2, -0.15) is 0 Å². The van der Waals surface area contributed by atoms with Crippen molar-refractivity contribution in [3.63, 3.8) is 0 Å². The smallest absolute Gasteiger partial charge is 0.161 e. The Balaban J connectivity index is 0.00000210. The average Bonchev–Trinajstić information content (AvgIpc) is 2.67. The zero-order valence-corrected chi connectivity index (χ0v) is 15.1. The molecule has 2 aromatic heterocycles. The third-order valence-corrected chi connectivity index (χ3v) is 4.63. The number of aromatic nitrogens is 2. The van der Waals surface area contributed by atoms with Gasteiger partial charge in [-0.05, 0) is 60.2 Å². The predicted molar refractivity (Wildman–Crippen MR) is 111 cm³/mol. The third kappa shape index (κ3) is 3.56. The van der Waals surface area contributed by atoms with Gasteiger partial charge in [0.2, 0.25) is 0 Å². The van der Waals surface area contributed by atoms with E-state index in [-0.39, 0.29) is 7.43 Å². The van der Waals surface area contributed by atoms with Gasteiger partial charge >= 0.3 is 0 Å². The van der Waals surface area contributed by atoms with Crippen LogP contribution >= 0.6 is 0 Å². The molecular formula is C23H24N2O2. The van der Waals surface area contributed by atoms with E-state index in [4.69, 9.17) is 9.47 Å². The highest BCUT2D eigenvalue weighted by molar-refractivity contribution is 5.88. The topological polar surface area (TPSA) is 44.2 Å². The maximum absolute atomic E-state index is 5.46. The van der Waals surface area contributed by atoms with Gasteiger partial charge in [-0.1, -0.05) is 19.6 Å². The van der Waals surface area contributed by atoms with Gasteiger partial charge in [0.1, 0.15) is 0 Å². The molecule has 0 N–H and O–H groups in total. The fourth-order valence-corrected chi connectivity index (χ4v) is 3.30. The molecule has 0 aliphatic carbocycles. The number of aryl methyl sites for hydroxylation is 1. The van der Waals surface area contributed by atoms with E-state index >= 15 is 0 Å². The molecule has 0 radical (unpaired) electrons. The van der Waals surface area contributed by atoms with Crippen molar-refractivity contribution in [2.75, 3.05) is 14.2 Å². The Morgan fingerprint density at radius 1 is 0.852 bits per heavy atom. The Bertz CT molecular complexity index is 1110. The summed E-state index contributed by atoms with van der Waals surface area (Å²) in [5, 5.41) is 3.32. The number of methoxy groups -OCH3 is 2. The summed E-state index contributed by atoms with van der Waals surface area (Å²) in [7, 11) is 3.30. The van der Waals surface area contributed by atoms with E-state index < -0.39 is 0 Å². The molecule has 27 heavy (non-hydrogen) atoms. The highest BCUT2D eigenvalue weighted by Gasteiger charge is 2.10. The standard InChI is InChI=1S/C22H20N2O2.CH4/c1-14-4-6-16-8-15(5-7-20(16)24-14)9-17-12-23-13-18-10-21(25-2)22(26-3)11-19(17)18;/h4-8,10-13H,9H2,1-3H3;1H4. The first kappa shape index (κ1) is 18.6. The normalized spacial score (nSPS) is 10.6. The van der Waals surface area contributed by atoms with E-state index in [0.717, 1.165) is 45.1 Å². The van der Waals surface area contributed by atoms with Gasteiger partial charge in [0.05, 0.1) is 19.7 Å². The molecule has 138 valence electrons. The molecule has 2 aromatic carbocycles. The van der Waals surface area contributed by atoms with E-state index in [9.17, 15) is 0 Å². The maximum Gasteiger partial charge on any atom is 0.161 e. The first-order valence-corrected chi connectivity index (χ1v) is 8.53. The summed E-state index contributed by atoms with van der Waals surface area (Å²) in [4.78, 5) is 8.98. The summed E-state index contributed by atoms with van der Waals surface area (Å²) in [6, 6.07) is 14.6. The molecule has 4 aromatic rings. The average molecular weight is 360 g/mol. The summed E-state index contributed by atoms with van der Waals surface area (Å²) in [6.45, 7) is 2.01. The minimum atomic E-state index is 0. The number of nitrogens with zero attached hydrogens (tertiary/aromatic N) is 2. The first-order chi connectivity index (χ1) is 12.7. The van der Waals surface area contributed by atoms with Crippen molar-refractivity contribution in [2.24, 2.45) is 0 Å². The highest BCUT2D eigenvalue weighted by Crippen LogP contribution is 2.34. The first-order valence-electron chi connectivity index (χ1n) is 8.53. The van der Waals surface area contributed by atoms with Crippen molar-refractivity contribution in [3.05, 3.63) is 71.7 Å². The minimum absolute atomic E-state index is 0. The van der Waals surface area contributed by atoms with Crippen LogP contribution in [0.25, 0.3) is 21.7 Å². The summed E-state index contributed by atoms with van der Waals surface area (Å²) in [5.74, 6) is 1.44. The second-order valence-electron chi connectivity index (χ2n) is 6.38. The van der Waals surface area contributed by atoms with E-state index in [1.54, 1.807) is 14.2 Å². The Kier molecular flexibility index (Phi) is 5.26. The number of benzene rings is 2. The molecule has 2 heterocycles. The van der Waals surface area contributed by atoms with Crippen LogP contribution in [0.1, 0.15) is 24.2 Å². The Morgan fingerprint density at radius 2 is 1.63 bits per heavy atom. The van der Waals surface area contributed by atoms with Crippen LogP contribution in [0.4, 0.5) is 0 Å². The van der Waals surface area contributed by atoms with E-state index in [1.165, 1.54) is 5.56 Å². The lowest BCUT2D eigenvalue weighted by Crippen LogP contribution is -1.95. The van der Waals surface area contributed by atoms with Gasteiger partial charge in [0.15, 0.2) is 11.5 Å². The summed E-state index contributed by atoms with van der Waals surface area (Å²) >= 11 is 0. The quantitative estimate of drug-likeness (QED) is 0.493. The molecule has 0 bridgehead atoms. The van der Waals surface area contributed by atoms with Gasteiger partial charge in [-0.25, -0.2) is 0 Å². The molecule has 0 fully saturated rings. The second kappa shape index (κ2) is 7.62. The van der Waals surface area contributed by atoms with Crippen molar-refractivity contribution in [1.82, 2.24) is 9.97 Å². The van der Waals surface area contributed by atoms with Gasteiger partial charge in [-0.15, -0.1) is 0 Å². The molecule has 0 amide bonds. The summed E-state index contributed by atoms with van der Waals surface area (Å²) < 4.78 is 10.9. The van der Waals surface area contributed by atoms with Crippen molar-refractivity contribution < 1.29 is 9.47 Å². The molecule has 4 rings (SSSR count). The van der Waals surface area contributed by atoms with Crippen LogP contribution in [0.15, 0.2) is 54.9 Å². The molecule has 0 atom stereocenters. The molecule has 0 aliphatic heterocycles. The number of rotatable bonds is 4. The van der Waals surface area contributed by atoms with Crippen molar-refractivity contribution in [3.8, 4) is 11.5 Å². The number of pyridine rings is 2. The van der Waals surface area contributed by atoms with Crippen molar-refractivity contribution in [2.45, 2.75) is 20.8 Å². The SMILES string of the molecule is C.COc1cc2cncc(Cc3ccc4nc(C)ccc4c3)c2cc1OC. The number of ether oxygens (including phenoxy) is 2. The molecule has 0 saturated heterocycles. The number of hydrogen-bond acceptors (Lipinski definition) is 4. The van der Waals surface area contributed by atoms with Crippen LogP contribution < -0.4 is 9.47 Å². The van der Waals surface area contributed by atoms with Gasteiger partial charge in [0, 0.05) is 28.9 Å². The summed E-state index contributed by atoms with van der Waals surface area (Å²) in [5.41, 5.74) is 4.44. The van der Waals surface area contributed by atoms with Gasteiger partial charge < -0.3 is 9.47 Å². The Morgan fingerprint density at radius 3 is 2.41 bits per heavy atom.